The quantitative estimate of drug-likeness (QED) is 0.703. The third-order valence-corrected chi connectivity index (χ3v) is 2.06. The molecule has 0 amide bonds. The highest BCUT2D eigenvalue weighted by Crippen LogP contribution is 2.12. The summed E-state index contributed by atoms with van der Waals surface area (Å²) in [5.41, 5.74) is 1.04. The van der Waals surface area contributed by atoms with E-state index in [4.69, 9.17) is 11.6 Å². The lowest BCUT2D eigenvalue weighted by molar-refractivity contribution is 0.347. The van der Waals surface area contributed by atoms with Crippen molar-refractivity contribution in [1.29, 1.82) is 0 Å². The van der Waals surface area contributed by atoms with Crippen LogP contribution in [-0.4, -0.2) is 20.9 Å². The van der Waals surface area contributed by atoms with Gasteiger partial charge in [0, 0.05) is 12.1 Å². The van der Waals surface area contributed by atoms with Crippen LogP contribution in [0.4, 0.5) is 0 Å². The van der Waals surface area contributed by atoms with Gasteiger partial charge in [0.2, 0.25) is 0 Å². The van der Waals surface area contributed by atoms with Crippen LogP contribution >= 0.6 is 11.6 Å². The zero-order chi connectivity index (χ0) is 9.90. The van der Waals surface area contributed by atoms with Gasteiger partial charge in [-0.25, -0.2) is 4.68 Å². The number of hydrogen-bond donors (Lipinski definition) is 0. The van der Waals surface area contributed by atoms with Gasteiger partial charge in [0.15, 0.2) is 0 Å². The van der Waals surface area contributed by atoms with E-state index in [9.17, 15) is 0 Å². The van der Waals surface area contributed by atoms with Crippen LogP contribution in [-0.2, 0) is 12.0 Å². The smallest absolute Gasteiger partial charge is 0.0827 e. The number of hydrogen-bond acceptors (Lipinski definition) is 2. The van der Waals surface area contributed by atoms with Crippen LogP contribution in [0, 0.1) is 0 Å². The summed E-state index contributed by atoms with van der Waals surface area (Å²) in [5.74, 6) is 0.683. The van der Waals surface area contributed by atoms with Crippen molar-refractivity contribution in [1.82, 2.24) is 15.0 Å². The van der Waals surface area contributed by atoms with Gasteiger partial charge >= 0.3 is 0 Å². The molecule has 1 heterocycles. The number of halogens is 1. The van der Waals surface area contributed by atoms with Crippen LogP contribution in [0.15, 0.2) is 6.20 Å². The number of aromatic nitrogens is 3. The van der Waals surface area contributed by atoms with E-state index in [1.807, 2.05) is 10.9 Å². The molecule has 74 valence electrons. The van der Waals surface area contributed by atoms with E-state index in [0.29, 0.717) is 5.88 Å². The Kier molecular flexibility index (Phi) is 3.31. The van der Waals surface area contributed by atoms with Gasteiger partial charge in [-0.3, -0.25) is 0 Å². The normalized spacial score (nSPS) is 12.0. The Hall–Kier alpha value is -0.570. The first-order chi connectivity index (χ1) is 6.04. The summed E-state index contributed by atoms with van der Waals surface area (Å²) in [6.07, 6.45) is 3.87. The largest absolute Gasteiger partial charge is 0.247 e. The molecule has 13 heavy (non-hydrogen) atoms. The van der Waals surface area contributed by atoms with E-state index >= 15 is 0 Å². The fourth-order valence-corrected chi connectivity index (χ4v) is 1.12. The lowest BCUT2D eigenvalue weighted by Gasteiger charge is -2.17. The van der Waals surface area contributed by atoms with Crippen LogP contribution in [0.2, 0.25) is 0 Å². The van der Waals surface area contributed by atoms with Crippen molar-refractivity contribution in [3.8, 4) is 0 Å². The summed E-state index contributed by atoms with van der Waals surface area (Å²) in [6.45, 7) is 6.31. The predicted molar refractivity (Wildman–Crippen MR) is 54.1 cm³/mol. The van der Waals surface area contributed by atoms with Crippen molar-refractivity contribution in [3.63, 3.8) is 0 Å². The van der Waals surface area contributed by atoms with Crippen LogP contribution in [0.25, 0.3) is 0 Å². The second-order valence-electron chi connectivity index (χ2n) is 4.12. The van der Waals surface area contributed by atoms with Gasteiger partial charge in [-0.05, 0) is 33.6 Å². The van der Waals surface area contributed by atoms with Gasteiger partial charge in [0.1, 0.15) is 0 Å². The molecule has 0 aliphatic carbocycles. The molecular weight excluding hydrogens is 186 g/mol. The van der Waals surface area contributed by atoms with Crippen molar-refractivity contribution in [3.05, 3.63) is 11.9 Å². The monoisotopic (exact) mass is 201 g/mol. The first-order valence-corrected chi connectivity index (χ1v) is 5.05. The first kappa shape index (κ1) is 10.5. The van der Waals surface area contributed by atoms with E-state index in [1.54, 1.807) is 0 Å². The van der Waals surface area contributed by atoms with Crippen molar-refractivity contribution in [2.75, 3.05) is 5.88 Å². The maximum absolute atomic E-state index is 5.59. The minimum Gasteiger partial charge on any atom is -0.247 e. The first-order valence-electron chi connectivity index (χ1n) is 4.51. The van der Waals surface area contributed by atoms with Gasteiger partial charge in [0.05, 0.1) is 11.2 Å². The second-order valence-corrected chi connectivity index (χ2v) is 4.50. The molecule has 0 N–H and O–H groups in total. The number of rotatable bonds is 3. The maximum atomic E-state index is 5.59. The van der Waals surface area contributed by atoms with Crippen LogP contribution in [0.1, 0.15) is 32.9 Å². The molecule has 0 aromatic carbocycles. The number of nitrogens with zero attached hydrogens (tertiary/aromatic N) is 3. The Morgan fingerprint density at radius 2 is 2.15 bits per heavy atom. The average molecular weight is 202 g/mol. The standard InChI is InChI=1S/C9H16ClN3/c1-9(2,3)13-7-8(11-12-13)5-4-6-10/h7H,4-6H2,1-3H3. The molecule has 0 fully saturated rings. The van der Waals surface area contributed by atoms with Gasteiger partial charge in [-0.1, -0.05) is 5.21 Å². The molecule has 3 nitrogen and oxygen atoms in total. The van der Waals surface area contributed by atoms with Crippen LogP contribution in [0.5, 0.6) is 0 Å². The van der Waals surface area contributed by atoms with Gasteiger partial charge in [-0.15, -0.1) is 16.7 Å². The Balaban J connectivity index is 2.64. The zero-order valence-electron chi connectivity index (χ0n) is 8.42. The topological polar surface area (TPSA) is 30.7 Å². The number of aryl methyl sites for hydroxylation is 1. The average Bonchev–Trinajstić information content (AvgIpc) is 2.47. The SMILES string of the molecule is CC(C)(C)n1cc(CCCCl)nn1. The minimum atomic E-state index is 0.0201. The summed E-state index contributed by atoms with van der Waals surface area (Å²) in [6, 6.07) is 0. The van der Waals surface area contributed by atoms with E-state index in [-0.39, 0.29) is 5.54 Å². The summed E-state index contributed by atoms with van der Waals surface area (Å²) < 4.78 is 1.89. The molecule has 1 aromatic heterocycles. The number of alkyl halides is 1. The summed E-state index contributed by atoms with van der Waals surface area (Å²) in [5, 5.41) is 8.14. The van der Waals surface area contributed by atoms with Gasteiger partial charge < -0.3 is 0 Å². The fraction of sp³-hybridized carbons (Fsp3) is 0.778. The van der Waals surface area contributed by atoms with E-state index < -0.39 is 0 Å². The van der Waals surface area contributed by atoms with Crippen molar-refractivity contribution in [2.24, 2.45) is 0 Å². The van der Waals surface area contributed by atoms with Crippen molar-refractivity contribution in [2.45, 2.75) is 39.2 Å². The molecule has 0 radical (unpaired) electrons. The molecule has 0 saturated carbocycles. The molecular formula is C9H16ClN3. The van der Waals surface area contributed by atoms with E-state index in [1.165, 1.54) is 0 Å². The third-order valence-electron chi connectivity index (χ3n) is 1.79. The molecule has 4 heteroatoms. The molecule has 0 saturated heterocycles. The molecule has 1 aromatic rings. The molecule has 0 aliphatic rings. The van der Waals surface area contributed by atoms with Crippen molar-refractivity contribution < 1.29 is 0 Å². The second kappa shape index (κ2) is 4.09. The Morgan fingerprint density at radius 3 is 2.62 bits per heavy atom. The van der Waals surface area contributed by atoms with Gasteiger partial charge in [-0.2, -0.15) is 0 Å². The zero-order valence-corrected chi connectivity index (χ0v) is 9.17. The third kappa shape index (κ3) is 2.99. The predicted octanol–water partition coefficient (Wildman–Crippen LogP) is 2.20. The summed E-state index contributed by atoms with van der Waals surface area (Å²) in [7, 11) is 0. The van der Waals surface area contributed by atoms with Crippen molar-refractivity contribution >= 4 is 11.6 Å². The highest BCUT2D eigenvalue weighted by atomic mass is 35.5. The van der Waals surface area contributed by atoms with E-state index in [2.05, 4.69) is 31.1 Å². The fourth-order valence-electron chi connectivity index (χ4n) is 0.989. The lowest BCUT2D eigenvalue weighted by atomic mass is 10.1. The Morgan fingerprint density at radius 1 is 1.46 bits per heavy atom. The molecule has 1 rings (SSSR count). The Labute approximate surface area is 84.1 Å². The van der Waals surface area contributed by atoms with Crippen LogP contribution in [0.3, 0.4) is 0 Å². The molecule has 0 aliphatic heterocycles. The highest BCUT2D eigenvalue weighted by molar-refractivity contribution is 6.17. The Bertz CT molecular complexity index is 262. The van der Waals surface area contributed by atoms with Gasteiger partial charge in [0.25, 0.3) is 0 Å². The summed E-state index contributed by atoms with van der Waals surface area (Å²) >= 11 is 5.59. The maximum Gasteiger partial charge on any atom is 0.0827 e. The molecule has 0 spiro atoms. The molecule has 0 atom stereocenters. The minimum absolute atomic E-state index is 0.0201. The summed E-state index contributed by atoms with van der Waals surface area (Å²) in [4.78, 5) is 0. The molecule has 0 bridgehead atoms. The van der Waals surface area contributed by atoms with E-state index in [0.717, 1.165) is 18.5 Å². The van der Waals surface area contributed by atoms with Crippen LogP contribution < -0.4 is 0 Å². The highest BCUT2D eigenvalue weighted by Gasteiger charge is 2.14. The molecule has 0 unspecified atom stereocenters. The lowest BCUT2D eigenvalue weighted by Crippen LogP contribution is -2.22.